The van der Waals surface area contributed by atoms with Gasteiger partial charge in [-0.15, -0.1) is 0 Å². The Kier molecular flexibility index (Phi) is 3.18. The van der Waals surface area contributed by atoms with Gasteiger partial charge in [0, 0.05) is 23.0 Å². The number of fused-ring (bicyclic) bond motifs is 12. The Bertz CT molecular complexity index is 1420. The molecule has 4 unspecified atom stereocenters. The summed E-state index contributed by atoms with van der Waals surface area (Å²) in [7, 11) is 0. The van der Waals surface area contributed by atoms with Crippen LogP contribution in [0.1, 0.15) is 45.6 Å². The molecule has 4 aromatic rings. The van der Waals surface area contributed by atoms with Gasteiger partial charge in [-0.3, -0.25) is 9.59 Å². The van der Waals surface area contributed by atoms with Crippen LogP contribution in [0.15, 0.2) is 33.1 Å². The molecular weight excluding hydrogens is 408 g/mol. The molecule has 6 heteroatoms. The largest absolute Gasteiger partial charge is 0.461 e. The van der Waals surface area contributed by atoms with Crippen molar-refractivity contribution in [3.63, 3.8) is 0 Å². The number of esters is 2. The van der Waals surface area contributed by atoms with E-state index in [0.717, 1.165) is 55.7 Å². The van der Waals surface area contributed by atoms with E-state index in [1.807, 2.05) is 52.0 Å². The zero-order chi connectivity index (χ0) is 22.0. The van der Waals surface area contributed by atoms with Gasteiger partial charge in [0.05, 0.1) is 22.6 Å². The van der Waals surface area contributed by atoms with Gasteiger partial charge in [0.2, 0.25) is 0 Å². The van der Waals surface area contributed by atoms with Gasteiger partial charge in [0.15, 0.2) is 0 Å². The number of hydrogen-bond acceptors (Lipinski definition) is 6. The molecule has 6 nitrogen and oxygen atoms in total. The smallest absolute Gasteiger partial charge is 0.315 e. The first-order valence-electron chi connectivity index (χ1n) is 10.8. The standard InChI is InChI=1S/C26H20O6/c1-9-5-13-17-18-14-6-10(2)22-16(8-12(4)30-22)24(14)32-26(28)20(18)19(17)25(27)31-23(13)15-7-11(3)29-21(9)15/h5-8,17-20H,1-4H3. The molecule has 2 aromatic carbocycles. The van der Waals surface area contributed by atoms with E-state index in [1.54, 1.807) is 0 Å². The average Bonchev–Trinajstić information content (AvgIpc) is 3.29. The Morgan fingerprint density at radius 2 is 1.00 bits per heavy atom. The van der Waals surface area contributed by atoms with E-state index in [2.05, 4.69) is 0 Å². The van der Waals surface area contributed by atoms with Crippen LogP contribution in [0, 0.1) is 39.5 Å². The lowest BCUT2D eigenvalue weighted by Crippen LogP contribution is -2.57. The van der Waals surface area contributed by atoms with Crippen LogP contribution >= 0.6 is 0 Å². The summed E-state index contributed by atoms with van der Waals surface area (Å²) in [5, 5.41) is 1.62. The maximum absolute atomic E-state index is 13.1. The third kappa shape index (κ3) is 2.01. The van der Waals surface area contributed by atoms with Gasteiger partial charge in [-0.05, 0) is 63.1 Å². The maximum atomic E-state index is 13.1. The highest BCUT2D eigenvalue weighted by molar-refractivity contribution is 6.00. The number of furan rings is 2. The molecule has 0 saturated heterocycles. The highest BCUT2D eigenvalue weighted by atomic mass is 16.5. The predicted molar refractivity (Wildman–Crippen MR) is 115 cm³/mol. The minimum atomic E-state index is -0.542. The topological polar surface area (TPSA) is 78.9 Å². The van der Waals surface area contributed by atoms with Crippen molar-refractivity contribution >= 4 is 33.9 Å². The number of aryl methyl sites for hydroxylation is 4. The normalized spacial score (nSPS) is 25.5. The minimum absolute atomic E-state index is 0.147. The first kappa shape index (κ1) is 18.1. The maximum Gasteiger partial charge on any atom is 0.315 e. The third-order valence-electron chi connectivity index (χ3n) is 7.40. The average molecular weight is 428 g/mol. The van der Waals surface area contributed by atoms with Crippen LogP contribution in [-0.2, 0) is 9.59 Å². The van der Waals surface area contributed by atoms with E-state index in [4.69, 9.17) is 18.3 Å². The molecule has 0 amide bonds. The van der Waals surface area contributed by atoms with Crippen LogP contribution in [0.3, 0.4) is 0 Å². The van der Waals surface area contributed by atoms with Crippen molar-refractivity contribution in [3.8, 4) is 11.5 Å². The van der Waals surface area contributed by atoms with Crippen molar-refractivity contribution in [3.05, 3.63) is 58.0 Å². The van der Waals surface area contributed by atoms with Crippen LogP contribution in [0.2, 0.25) is 0 Å². The fourth-order valence-corrected chi connectivity index (χ4v) is 6.16. The predicted octanol–water partition coefficient (Wildman–Crippen LogP) is 5.36. The van der Waals surface area contributed by atoms with Crippen LogP contribution in [0.25, 0.3) is 21.9 Å². The molecular formula is C26H20O6. The Morgan fingerprint density at radius 1 is 0.594 bits per heavy atom. The van der Waals surface area contributed by atoms with Crippen molar-refractivity contribution in [1.82, 2.24) is 0 Å². The molecule has 0 bridgehead atoms. The second-order valence-electron chi connectivity index (χ2n) is 9.37. The third-order valence-corrected chi connectivity index (χ3v) is 7.40. The first-order valence-corrected chi connectivity index (χ1v) is 10.8. The molecule has 1 fully saturated rings. The van der Waals surface area contributed by atoms with Gasteiger partial charge in [0.25, 0.3) is 0 Å². The minimum Gasteiger partial charge on any atom is -0.461 e. The number of benzene rings is 2. The van der Waals surface area contributed by atoms with Crippen molar-refractivity contribution in [2.24, 2.45) is 11.8 Å². The van der Waals surface area contributed by atoms with Gasteiger partial charge in [-0.25, -0.2) is 0 Å². The summed E-state index contributed by atoms with van der Waals surface area (Å²) in [6.07, 6.45) is 0. The highest BCUT2D eigenvalue weighted by Gasteiger charge is 2.64. The summed E-state index contributed by atoms with van der Waals surface area (Å²) in [4.78, 5) is 26.1. The van der Waals surface area contributed by atoms with Crippen LogP contribution in [-0.4, -0.2) is 11.9 Å². The lowest BCUT2D eigenvalue weighted by atomic mass is 9.50. The van der Waals surface area contributed by atoms with Crippen molar-refractivity contribution in [2.75, 3.05) is 0 Å². The quantitative estimate of drug-likeness (QED) is 0.277. The molecule has 4 heterocycles. The molecule has 0 spiro atoms. The number of rotatable bonds is 0. The number of hydrogen-bond donors (Lipinski definition) is 0. The van der Waals surface area contributed by atoms with Crippen molar-refractivity contribution in [1.29, 1.82) is 0 Å². The van der Waals surface area contributed by atoms with Crippen LogP contribution in [0.4, 0.5) is 0 Å². The summed E-state index contributed by atoms with van der Waals surface area (Å²) >= 11 is 0. The zero-order valence-electron chi connectivity index (χ0n) is 18.1. The number of carbonyl (C=O) groups is 2. The lowest BCUT2D eigenvalue weighted by Gasteiger charge is -2.53. The zero-order valence-corrected chi connectivity index (χ0v) is 18.1. The van der Waals surface area contributed by atoms with Crippen LogP contribution in [0.5, 0.6) is 11.5 Å². The Morgan fingerprint density at radius 3 is 1.41 bits per heavy atom. The Labute approximate surface area is 183 Å². The first-order chi connectivity index (χ1) is 15.3. The van der Waals surface area contributed by atoms with Crippen molar-refractivity contribution < 1.29 is 27.9 Å². The molecule has 1 aliphatic carbocycles. The Hall–Kier alpha value is -3.54. The lowest BCUT2D eigenvalue weighted by molar-refractivity contribution is -0.165. The molecule has 2 aliphatic heterocycles. The van der Waals surface area contributed by atoms with E-state index in [9.17, 15) is 9.59 Å². The van der Waals surface area contributed by atoms with E-state index in [1.165, 1.54) is 0 Å². The molecule has 160 valence electrons. The fraction of sp³-hybridized carbons (Fsp3) is 0.308. The van der Waals surface area contributed by atoms with Gasteiger partial charge >= 0.3 is 11.9 Å². The number of carbonyl (C=O) groups excluding carboxylic acids is 2. The molecule has 3 aliphatic rings. The van der Waals surface area contributed by atoms with Crippen molar-refractivity contribution in [2.45, 2.75) is 39.5 Å². The molecule has 2 aromatic heterocycles. The molecule has 7 rings (SSSR count). The molecule has 0 radical (unpaired) electrons. The number of ether oxygens (including phenoxy) is 2. The van der Waals surface area contributed by atoms with E-state index < -0.39 is 11.8 Å². The molecule has 0 N–H and O–H groups in total. The highest BCUT2D eigenvalue weighted by Crippen LogP contribution is 2.66. The summed E-state index contributed by atoms with van der Waals surface area (Å²) < 4.78 is 23.3. The SMILES string of the molecule is Cc1cc2c3c(cc(C)c2o1)C1C(C(=O)O3)C2C(=O)Oc3c(cc(C)c4oc(C)cc34)C21. The van der Waals surface area contributed by atoms with Gasteiger partial charge < -0.3 is 18.3 Å². The molecule has 4 atom stereocenters. The fourth-order valence-electron chi connectivity index (χ4n) is 6.16. The summed E-state index contributed by atoms with van der Waals surface area (Å²) in [6.45, 7) is 7.76. The van der Waals surface area contributed by atoms with Crippen LogP contribution < -0.4 is 9.47 Å². The van der Waals surface area contributed by atoms with Gasteiger partial charge in [-0.2, -0.15) is 0 Å². The van der Waals surface area contributed by atoms with E-state index >= 15 is 0 Å². The van der Waals surface area contributed by atoms with Gasteiger partial charge in [-0.1, -0.05) is 0 Å². The summed E-state index contributed by atoms with van der Waals surface area (Å²) in [5.41, 5.74) is 5.37. The second-order valence-corrected chi connectivity index (χ2v) is 9.37. The van der Waals surface area contributed by atoms with Gasteiger partial charge in [0.1, 0.15) is 34.2 Å². The molecule has 32 heavy (non-hydrogen) atoms. The Balaban J connectivity index is 1.49. The molecule has 1 saturated carbocycles. The van der Waals surface area contributed by atoms with E-state index in [0.29, 0.717) is 11.5 Å². The summed E-state index contributed by atoms with van der Waals surface area (Å²) in [5.74, 6) is 0.531. The summed E-state index contributed by atoms with van der Waals surface area (Å²) in [6, 6.07) is 7.92. The second kappa shape index (κ2) is 5.63. The van der Waals surface area contributed by atoms with E-state index in [-0.39, 0.29) is 23.8 Å². The monoisotopic (exact) mass is 428 g/mol.